The van der Waals surface area contributed by atoms with Gasteiger partial charge in [-0.05, 0) is 131 Å². The first-order valence-corrected chi connectivity index (χ1v) is 25.5. The number of rotatable bonds is 7. The molecule has 0 N–H and O–H groups in total. The quantitative estimate of drug-likeness (QED) is 0.159. The molecule has 3 heterocycles. The summed E-state index contributed by atoms with van der Waals surface area (Å²) in [6, 6.07) is 76.6. The van der Waals surface area contributed by atoms with Crippen LogP contribution in [0.3, 0.4) is 0 Å². The Balaban J connectivity index is 0.941. The Morgan fingerprint density at radius 1 is 0.270 bits per heavy atom. The van der Waals surface area contributed by atoms with Gasteiger partial charge >= 0.3 is 0 Å². The van der Waals surface area contributed by atoms with Crippen molar-refractivity contribution >= 4 is 21.8 Å². The minimum absolute atomic E-state index is 0.0792. The normalized spacial score (nSPS) is 13.6. The van der Waals surface area contributed by atoms with E-state index in [1.807, 2.05) is 60.9 Å². The number of fused-ring (bicyclic) bond motifs is 8. The summed E-state index contributed by atoms with van der Waals surface area (Å²) in [6.07, 6.45) is 3.67. The zero-order chi connectivity index (χ0) is 49.7. The fraction of sp³-hybridized carbons (Fsp3) is 0.0870. The van der Waals surface area contributed by atoms with Gasteiger partial charge in [-0.25, -0.2) is 15.0 Å². The Morgan fingerprint density at radius 3 is 1.11 bits per heavy atom. The third kappa shape index (κ3) is 6.88. The molecule has 2 aliphatic rings. The molecule has 350 valence electrons. The van der Waals surface area contributed by atoms with Gasteiger partial charge in [0.15, 0.2) is 17.5 Å². The van der Waals surface area contributed by atoms with Crippen molar-refractivity contribution in [3.05, 3.63) is 247 Å². The lowest BCUT2D eigenvalue weighted by Crippen LogP contribution is -2.14. The first-order chi connectivity index (χ1) is 36.2. The van der Waals surface area contributed by atoms with E-state index in [9.17, 15) is 0 Å². The van der Waals surface area contributed by atoms with Crippen LogP contribution in [0.1, 0.15) is 49.9 Å². The van der Waals surface area contributed by atoms with E-state index >= 15 is 0 Å². The number of pyridine rings is 2. The van der Waals surface area contributed by atoms with Gasteiger partial charge in [0.1, 0.15) is 0 Å². The lowest BCUT2D eigenvalue weighted by Gasteiger charge is -2.21. The predicted molar refractivity (Wildman–Crippen MR) is 304 cm³/mol. The Kier molecular flexibility index (Phi) is 9.83. The molecule has 5 heteroatoms. The molecule has 0 radical (unpaired) electrons. The summed E-state index contributed by atoms with van der Waals surface area (Å²) in [6.45, 7) is 9.36. The second-order valence-electron chi connectivity index (χ2n) is 20.8. The van der Waals surface area contributed by atoms with Gasteiger partial charge in [0.05, 0.1) is 11.0 Å². The minimum Gasteiger partial charge on any atom is -0.256 e. The fourth-order valence-corrected chi connectivity index (χ4v) is 12.1. The van der Waals surface area contributed by atoms with Gasteiger partial charge in [0.2, 0.25) is 0 Å². The summed E-state index contributed by atoms with van der Waals surface area (Å²) in [5.74, 6) is 1.72. The summed E-state index contributed by atoms with van der Waals surface area (Å²) in [4.78, 5) is 25.4. The van der Waals surface area contributed by atoms with Crippen molar-refractivity contribution in [1.29, 1.82) is 0 Å². The van der Waals surface area contributed by atoms with Crippen LogP contribution in [0.25, 0.3) is 123 Å². The minimum atomic E-state index is -0.0792. The van der Waals surface area contributed by atoms with Crippen LogP contribution in [-0.4, -0.2) is 24.9 Å². The van der Waals surface area contributed by atoms with Gasteiger partial charge in [0.25, 0.3) is 0 Å². The van der Waals surface area contributed by atoms with Crippen molar-refractivity contribution in [3.63, 3.8) is 0 Å². The van der Waals surface area contributed by atoms with E-state index in [1.54, 1.807) is 0 Å². The maximum atomic E-state index is 5.37. The Bertz CT molecular complexity index is 3970. The highest BCUT2D eigenvalue weighted by Gasteiger charge is 2.38. The number of hydrogen-bond donors (Lipinski definition) is 0. The van der Waals surface area contributed by atoms with Crippen LogP contribution in [0, 0.1) is 0 Å². The number of aromatic nitrogens is 5. The van der Waals surface area contributed by atoms with Crippen molar-refractivity contribution in [3.8, 4) is 101 Å². The maximum absolute atomic E-state index is 5.37. The van der Waals surface area contributed by atoms with E-state index in [1.165, 1.54) is 66.8 Å². The Labute approximate surface area is 431 Å². The van der Waals surface area contributed by atoms with Crippen LogP contribution in [0.15, 0.2) is 225 Å². The van der Waals surface area contributed by atoms with Crippen LogP contribution in [0.4, 0.5) is 0 Å². The fourth-order valence-electron chi connectivity index (χ4n) is 12.1. The van der Waals surface area contributed by atoms with Gasteiger partial charge < -0.3 is 0 Å². The molecule has 0 unspecified atom stereocenters. The molecule has 14 rings (SSSR count). The molecule has 9 aromatic carbocycles. The molecule has 0 amide bonds. The van der Waals surface area contributed by atoms with E-state index in [0.29, 0.717) is 17.5 Å². The second kappa shape index (κ2) is 16.7. The van der Waals surface area contributed by atoms with E-state index in [4.69, 9.17) is 24.9 Å². The molecular formula is C69H49N5. The van der Waals surface area contributed by atoms with E-state index in [2.05, 4.69) is 191 Å². The van der Waals surface area contributed by atoms with Gasteiger partial charge in [0, 0.05) is 50.7 Å². The number of hydrogen-bond acceptors (Lipinski definition) is 5. The first-order valence-electron chi connectivity index (χ1n) is 25.5. The SMILES string of the molecule is CC1(C)c2ccccc2-c2c(-c3ccc(-c4cc(-c5ccc(-c6cccc7c6-c6ccccc6C7(C)C)cc5)cc(-c5nc(-c6ccnc7ccccc67)nc(-c6ccnc7ccccc67)n5)c4)cc3)cccc21. The van der Waals surface area contributed by atoms with Crippen molar-refractivity contribution < 1.29 is 0 Å². The molecule has 74 heavy (non-hydrogen) atoms. The van der Waals surface area contributed by atoms with Crippen molar-refractivity contribution in [2.24, 2.45) is 0 Å². The topological polar surface area (TPSA) is 64.5 Å². The van der Waals surface area contributed by atoms with Crippen molar-refractivity contribution in [2.45, 2.75) is 38.5 Å². The summed E-state index contributed by atoms with van der Waals surface area (Å²) in [5.41, 5.74) is 24.2. The second-order valence-corrected chi connectivity index (χ2v) is 20.8. The van der Waals surface area contributed by atoms with E-state index < -0.39 is 0 Å². The van der Waals surface area contributed by atoms with E-state index in [-0.39, 0.29) is 10.8 Å². The lowest BCUT2D eigenvalue weighted by molar-refractivity contribution is 0.660. The molecular weight excluding hydrogens is 899 g/mol. The van der Waals surface area contributed by atoms with Crippen LogP contribution in [0.5, 0.6) is 0 Å². The van der Waals surface area contributed by atoms with Crippen molar-refractivity contribution in [1.82, 2.24) is 24.9 Å². The molecule has 2 aliphatic carbocycles. The predicted octanol–water partition coefficient (Wildman–Crippen LogP) is 17.2. The third-order valence-electron chi connectivity index (χ3n) is 15.9. The number of para-hydroxylation sites is 2. The number of benzene rings is 9. The average molecular weight is 948 g/mol. The molecule has 0 atom stereocenters. The van der Waals surface area contributed by atoms with Gasteiger partial charge in [-0.1, -0.05) is 198 Å². The molecule has 12 aromatic rings. The zero-order valence-corrected chi connectivity index (χ0v) is 41.6. The highest BCUT2D eigenvalue weighted by atomic mass is 15.0. The van der Waals surface area contributed by atoms with Gasteiger partial charge in [-0.2, -0.15) is 0 Å². The smallest absolute Gasteiger partial charge is 0.164 e. The summed E-state index contributed by atoms with van der Waals surface area (Å²) >= 11 is 0. The van der Waals surface area contributed by atoms with Crippen LogP contribution >= 0.6 is 0 Å². The molecule has 0 saturated carbocycles. The molecule has 0 fully saturated rings. The monoisotopic (exact) mass is 947 g/mol. The Hall–Kier alpha value is -9.19. The molecule has 0 spiro atoms. The summed E-state index contributed by atoms with van der Waals surface area (Å²) in [5, 5.41) is 1.94. The van der Waals surface area contributed by atoms with Crippen molar-refractivity contribution in [2.75, 3.05) is 0 Å². The standard InChI is InChI=1S/C69H49N5/c1-68(2)57-21-9-5-17-55(57)63-49(19-13-23-59(63)68)44-31-27-42(28-32-44)46-39-47(43-29-33-45(34-30-43)50-20-14-24-60-64(50)56-18-6-10-22-58(56)69(60,3)4)41-48(40-46)65-72-66(53-35-37-70-61-25-11-7-15-51(53)61)74-67(73-65)54-36-38-71-62-26-12-8-16-52(54)62/h5-41H,1-4H3. The Morgan fingerprint density at radius 2 is 0.635 bits per heavy atom. The molecule has 0 bridgehead atoms. The molecule has 3 aromatic heterocycles. The highest BCUT2D eigenvalue weighted by Crippen LogP contribution is 2.53. The largest absolute Gasteiger partial charge is 0.256 e. The summed E-state index contributed by atoms with van der Waals surface area (Å²) < 4.78 is 0. The van der Waals surface area contributed by atoms with Gasteiger partial charge in [-0.15, -0.1) is 0 Å². The third-order valence-corrected chi connectivity index (χ3v) is 15.9. The van der Waals surface area contributed by atoms with Gasteiger partial charge in [-0.3, -0.25) is 9.97 Å². The number of nitrogens with zero attached hydrogens (tertiary/aromatic N) is 5. The maximum Gasteiger partial charge on any atom is 0.164 e. The van der Waals surface area contributed by atoms with Crippen LogP contribution < -0.4 is 0 Å². The molecule has 5 nitrogen and oxygen atoms in total. The summed E-state index contributed by atoms with van der Waals surface area (Å²) in [7, 11) is 0. The lowest BCUT2D eigenvalue weighted by atomic mass is 9.82. The van der Waals surface area contributed by atoms with Crippen LogP contribution in [-0.2, 0) is 10.8 Å². The van der Waals surface area contributed by atoms with Crippen LogP contribution in [0.2, 0.25) is 0 Å². The average Bonchev–Trinajstić information content (AvgIpc) is 3.84. The van der Waals surface area contributed by atoms with E-state index in [0.717, 1.165) is 60.8 Å². The zero-order valence-electron chi connectivity index (χ0n) is 41.6. The molecule has 0 saturated heterocycles. The first kappa shape index (κ1) is 43.6. The molecule has 0 aliphatic heterocycles. The highest BCUT2D eigenvalue weighted by molar-refractivity contribution is 5.97.